The first-order chi connectivity index (χ1) is 15.0. The zero-order valence-electron chi connectivity index (χ0n) is 18.0. The minimum Gasteiger partial charge on any atom is -0.454 e. The molecular weight excluding hydrogens is 394 g/mol. The van der Waals surface area contributed by atoms with Crippen molar-refractivity contribution in [1.82, 2.24) is 10.6 Å². The lowest BCUT2D eigenvalue weighted by atomic mass is 9.81. The highest BCUT2D eigenvalue weighted by atomic mass is 16.7. The average molecular weight is 424 g/mol. The van der Waals surface area contributed by atoms with Gasteiger partial charge in [-0.15, -0.1) is 0 Å². The zero-order chi connectivity index (χ0) is 21.8. The maximum absolute atomic E-state index is 13.2. The van der Waals surface area contributed by atoms with Gasteiger partial charge in [0.1, 0.15) is 5.54 Å². The number of carbonyl (C=O) groups excluding carboxylic acids is 2. The Labute approximate surface area is 182 Å². The second kappa shape index (κ2) is 8.88. The second-order valence-corrected chi connectivity index (χ2v) is 8.36. The van der Waals surface area contributed by atoms with Crippen molar-refractivity contribution in [2.75, 3.05) is 12.1 Å². The summed E-state index contributed by atoms with van der Waals surface area (Å²) >= 11 is 0. The molecule has 0 saturated heterocycles. The third kappa shape index (κ3) is 4.60. The molecule has 1 aliphatic carbocycles. The summed E-state index contributed by atoms with van der Waals surface area (Å²) < 4.78 is 10.7. The van der Waals surface area contributed by atoms with Crippen LogP contribution in [0.15, 0.2) is 36.4 Å². The molecule has 1 aliphatic heterocycles. The van der Waals surface area contributed by atoms with E-state index in [1.54, 1.807) is 0 Å². The van der Waals surface area contributed by atoms with Crippen LogP contribution >= 0.6 is 0 Å². The van der Waals surface area contributed by atoms with E-state index in [1.165, 1.54) is 0 Å². The predicted molar refractivity (Wildman–Crippen MR) is 118 cm³/mol. The molecule has 2 aliphatic rings. The van der Waals surface area contributed by atoms with E-state index >= 15 is 0 Å². The Morgan fingerprint density at radius 3 is 2.42 bits per heavy atom. The van der Waals surface area contributed by atoms with Gasteiger partial charge in [-0.3, -0.25) is 4.79 Å². The molecule has 3 amide bonds. The van der Waals surface area contributed by atoms with Crippen molar-refractivity contribution >= 4 is 17.6 Å². The number of aryl methyl sites for hydroxylation is 2. The fourth-order valence-electron chi connectivity index (χ4n) is 4.34. The largest absolute Gasteiger partial charge is 0.454 e. The molecule has 1 fully saturated rings. The molecule has 1 saturated carbocycles. The fraction of sp³-hybridized carbons (Fsp3) is 0.417. The third-order valence-corrected chi connectivity index (χ3v) is 6.10. The van der Waals surface area contributed by atoms with Gasteiger partial charge < -0.3 is 25.4 Å². The molecule has 0 radical (unpaired) electrons. The zero-order valence-corrected chi connectivity index (χ0v) is 18.0. The number of fused-ring (bicyclic) bond motifs is 1. The second-order valence-electron chi connectivity index (χ2n) is 8.36. The van der Waals surface area contributed by atoms with Crippen LogP contribution in [0.1, 0.15) is 48.8 Å². The van der Waals surface area contributed by atoms with Gasteiger partial charge in [0.25, 0.3) is 0 Å². The number of nitrogens with one attached hydrogen (secondary N) is 3. The molecule has 2 aromatic carbocycles. The number of hydrogen-bond acceptors (Lipinski definition) is 4. The molecule has 31 heavy (non-hydrogen) atoms. The Morgan fingerprint density at radius 2 is 1.68 bits per heavy atom. The Bertz CT molecular complexity index is 963. The van der Waals surface area contributed by atoms with Crippen LogP contribution in [-0.4, -0.2) is 24.3 Å². The third-order valence-electron chi connectivity index (χ3n) is 6.10. The van der Waals surface area contributed by atoms with Gasteiger partial charge in [-0.05, 0) is 55.5 Å². The summed E-state index contributed by atoms with van der Waals surface area (Å²) in [5.74, 6) is 1.25. The minimum absolute atomic E-state index is 0.151. The SMILES string of the molecule is Cc1cccc(C)c1NC(=O)NC1(C(=O)NCc2ccc3c(c2)OCO3)CCCCC1. The smallest absolute Gasteiger partial charge is 0.320 e. The number of anilines is 1. The van der Waals surface area contributed by atoms with Crippen LogP contribution in [0.4, 0.5) is 10.5 Å². The summed E-state index contributed by atoms with van der Waals surface area (Å²) in [6.07, 6.45) is 4.12. The summed E-state index contributed by atoms with van der Waals surface area (Å²) in [6, 6.07) is 11.1. The Kier molecular flexibility index (Phi) is 6.02. The highest BCUT2D eigenvalue weighted by Gasteiger charge is 2.40. The molecule has 3 N–H and O–H groups in total. The van der Waals surface area contributed by atoms with Crippen molar-refractivity contribution in [3.63, 3.8) is 0 Å². The first-order valence-corrected chi connectivity index (χ1v) is 10.8. The number of carbonyl (C=O) groups is 2. The van der Waals surface area contributed by atoms with E-state index in [1.807, 2.05) is 50.2 Å². The Morgan fingerprint density at radius 1 is 0.968 bits per heavy atom. The lowest BCUT2D eigenvalue weighted by Crippen LogP contribution is -2.60. The van der Waals surface area contributed by atoms with E-state index in [4.69, 9.17) is 9.47 Å². The number of amides is 3. The molecule has 7 heteroatoms. The van der Waals surface area contributed by atoms with Gasteiger partial charge in [0.2, 0.25) is 12.7 Å². The average Bonchev–Trinajstić information content (AvgIpc) is 3.23. The Balaban J connectivity index is 1.44. The highest BCUT2D eigenvalue weighted by molar-refractivity contribution is 5.97. The first-order valence-electron chi connectivity index (χ1n) is 10.8. The topological polar surface area (TPSA) is 88.7 Å². The van der Waals surface area contributed by atoms with Crippen molar-refractivity contribution in [1.29, 1.82) is 0 Å². The highest BCUT2D eigenvalue weighted by Crippen LogP contribution is 2.33. The lowest BCUT2D eigenvalue weighted by Gasteiger charge is -2.36. The minimum atomic E-state index is -0.907. The number of hydrogen-bond donors (Lipinski definition) is 3. The van der Waals surface area contributed by atoms with E-state index < -0.39 is 5.54 Å². The maximum Gasteiger partial charge on any atom is 0.320 e. The van der Waals surface area contributed by atoms with Crippen molar-refractivity contribution in [3.05, 3.63) is 53.1 Å². The van der Waals surface area contributed by atoms with Crippen molar-refractivity contribution in [2.45, 2.75) is 58.0 Å². The summed E-state index contributed by atoms with van der Waals surface area (Å²) in [6.45, 7) is 4.49. The van der Waals surface area contributed by atoms with Crippen LogP contribution in [-0.2, 0) is 11.3 Å². The van der Waals surface area contributed by atoms with E-state index in [9.17, 15) is 9.59 Å². The van der Waals surface area contributed by atoms with Gasteiger partial charge in [-0.1, -0.05) is 43.5 Å². The van der Waals surface area contributed by atoms with Crippen molar-refractivity contribution < 1.29 is 19.1 Å². The summed E-state index contributed by atoms with van der Waals surface area (Å²) in [5, 5.41) is 8.97. The monoisotopic (exact) mass is 423 g/mol. The van der Waals surface area contributed by atoms with E-state index in [0.29, 0.717) is 30.9 Å². The first kappa shape index (κ1) is 21.0. The molecule has 0 bridgehead atoms. The molecular formula is C24H29N3O4. The number of urea groups is 1. The van der Waals surface area contributed by atoms with Crippen LogP contribution < -0.4 is 25.4 Å². The van der Waals surface area contributed by atoms with Crippen molar-refractivity contribution in [3.8, 4) is 11.5 Å². The number of benzene rings is 2. The van der Waals surface area contributed by atoms with Gasteiger partial charge in [-0.2, -0.15) is 0 Å². The van der Waals surface area contributed by atoms with Crippen LogP contribution in [0.5, 0.6) is 11.5 Å². The van der Waals surface area contributed by atoms with Gasteiger partial charge >= 0.3 is 6.03 Å². The van der Waals surface area contributed by atoms with Crippen molar-refractivity contribution in [2.24, 2.45) is 0 Å². The maximum atomic E-state index is 13.2. The Hall–Kier alpha value is -3.22. The molecule has 0 unspecified atom stereocenters. The van der Waals surface area contributed by atoms with Crippen LogP contribution in [0.3, 0.4) is 0 Å². The number of ether oxygens (including phenoxy) is 2. The predicted octanol–water partition coefficient (Wildman–Crippen LogP) is 4.17. The van der Waals surface area contributed by atoms with Gasteiger partial charge in [0.05, 0.1) is 0 Å². The van der Waals surface area contributed by atoms with Crippen LogP contribution in [0, 0.1) is 13.8 Å². The fourth-order valence-corrected chi connectivity index (χ4v) is 4.34. The van der Waals surface area contributed by atoms with Crippen LogP contribution in [0.2, 0.25) is 0 Å². The lowest BCUT2D eigenvalue weighted by molar-refractivity contribution is -0.128. The van der Waals surface area contributed by atoms with Gasteiger partial charge in [0, 0.05) is 12.2 Å². The molecule has 4 rings (SSSR count). The normalized spacial score (nSPS) is 16.5. The summed E-state index contributed by atoms with van der Waals surface area (Å²) in [7, 11) is 0. The molecule has 1 heterocycles. The van der Waals surface area contributed by atoms with E-state index in [2.05, 4.69) is 16.0 Å². The molecule has 7 nitrogen and oxygen atoms in total. The number of para-hydroxylation sites is 1. The van der Waals surface area contributed by atoms with E-state index in [-0.39, 0.29) is 18.7 Å². The molecule has 2 aromatic rings. The quantitative estimate of drug-likeness (QED) is 0.673. The molecule has 164 valence electrons. The molecule has 0 spiro atoms. The summed E-state index contributed by atoms with van der Waals surface area (Å²) in [5.41, 5.74) is 2.77. The van der Waals surface area contributed by atoms with Gasteiger partial charge in [-0.25, -0.2) is 4.79 Å². The molecule has 0 aromatic heterocycles. The van der Waals surface area contributed by atoms with E-state index in [0.717, 1.165) is 41.6 Å². The molecule has 0 atom stereocenters. The summed E-state index contributed by atoms with van der Waals surface area (Å²) in [4.78, 5) is 26.1. The standard InChI is InChI=1S/C24H29N3O4/c1-16-7-6-8-17(2)21(16)26-23(29)27-24(11-4-3-5-12-24)22(28)25-14-18-9-10-19-20(13-18)31-15-30-19/h6-10,13H,3-5,11-12,14-15H2,1-2H3,(H,25,28)(H2,26,27,29). The van der Waals surface area contributed by atoms with Crippen LogP contribution in [0.25, 0.3) is 0 Å². The van der Waals surface area contributed by atoms with Gasteiger partial charge in [0.15, 0.2) is 11.5 Å². The number of rotatable bonds is 5.